The van der Waals surface area contributed by atoms with E-state index in [-0.39, 0.29) is 5.91 Å². The molecule has 0 radical (unpaired) electrons. The molecule has 0 saturated carbocycles. The molecule has 1 aliphatic heterocycles. The molecule has 2 aromatic rings. The molecule has 0 aliphatic carbocycles. The first-order valence-corrected chi connectivity index (χ1v) is 9.61. The molecule has 1 fully saturated rings. The first-order chi connectivity index (χ1) is 11.2. The van der Waals surface area contributed by atoms with Crippen LogP contribution in [0.4, 0.5) is 0 Å². The van der Waals surface area contributed by atoms with E-state index in [9.17, 15) is 4.79 Å². The monoisotopic (exact) mass is 351 g/mol. The van der Waals surface area contributed by atoms with Crippen LogP contribution in [0.15, 0.2) is 22.7 Å². The number of thioether (sulfide) groups is 1. The van der Waals surface area contributed by atoms with Crippen LogP contribution in [0.5, 0.6) is 0 Å². The van der Waals surface area contributed by atoms with Gasteiger partial charge in [-0.15, -0.1) is 21.5 Å². The second-order valence-corrected chi connectivity index (χ2v) is 7.39. The third-order valence-corrected chi connectivity index (χ3v) is 5.77. The first kappa shape index (κ1) is 16.5. The molecular formula is C15H21N5OS2. The van der Waals surface area contributed by atoms with Crippen molar-refractivity contribution in [2.45, 2.75) is 18.6 Å². The molecule has 1 aliphatic rings. The van der Waals surface area contributed by atoms with E-state index in [1.807, 2.05) is 22.4 Å². The number of piperazine rings is 1. The molecule has 0 spiro atoms. The predicted molar refractivity (Wildman–Crippen MR) is 93.8 cm³/mol. The topological polar surface area (TPSA) is 54.3 Å². The zero-order valence-corrected chi connectivity index (χ0v) is 15.1. The summed E-state index contributed by atoms with van der Waals surface area (Å²) in [6.45, 7) is 6.40. The second-order valence-electron chi connectivity index (χ2n) is 5.50. The summed E-state index contributed by atoms with van der Waals surface area (Å²) in [6, 6.07) is 4.06. The molecule has 2 aromatic heterocycles. The molecule has 0 atom stereocenters. The van der Waals surface area contributed by atoms with Gasteiger partial charge in [0, 0.05) is 32.7 Å². The van der Waals surface area contributed by atoms with Crippen molar-refractivity contribution < 1.29 is 4.79 Å². The molecule has 1 amide bonds. The minimum atomic E-state index is 0.187. The fourth-order valence-corrected chi connectivity index (χ4v) is 4.16. The van der Waals surface area contributed by atoms with E-state index in [4.69, 9.17) is 0 Å². The highest BCUT2D eigenvalue weighted by Gasteiger charge is 2.20. The standard InChI is InChI=1S/C15H21N5OS2/c1-3-20-14(12-5-4-10-22-12)16-17-15(20)23-11-13(21)19-8-6-18(2)7-9-19/h4-5,10H,3,6-9,11H2,1-2H3. The maximum Gasteiger partial charge on any atom is 0.233 e. The lowest BCUT2D eigenvalue weighted by atomic mass is 10.3. The Hall–Kier alpha value is -1.38. The maximum atomic E-state index is 12.3. The largest absolute Gasteiger partial charge is 0.339 e. The number of likely N-dealkylation sites (N-methyl/N-ethyl adjacent to an activating group) is 1. The SMILES string of the molecule is CCn1c(SCC(=O)N2CCN(C)CC2)nnc1-c1cccs1. The van der Waals surface area contributed by atoms with Crippen LogP contribution in [-0.2, 0) is 11.3 Å². The van der Waals surface area contributed by atoms with E-state index in [0.717, 1.165) is 48.6 Å². The summed E-state index contributed by atoms with van der Waals surface area (Å²) in [7, 11) is 2.09. The molecule has 23 heavy (non-hydrogen) atoms. The van der Waals surface area contributed by atoms with E-state index in [1.54, 1.807) is 11.3 Å². The molecule has 3 rings (SSSR count). The Morgan fingerprint density at radius 1 is 1.30 bits per heavy atom. The Labute approximate surface area is 144 Å². The van der Waals surface area contributed by atoms with Gasteiger partial charge in [0.1, 0.15) is 0 Å². The highest BCUT2D eigenvalue weighted by atomic mass is 32.2. The lowest BCUT2D eigenvalue weighted by Crippen LogP contribution is -2.47. The van der Waals surface area contributed by atoms with Gasteiger partial charge in [0.15, 0.2) is 11.0 Å². The lowest BCUT2D eigenvalue weighted by Gasteiger charge is -2.32. The zero-order valence-electron chi connectivity index (χ0n) is 13.4. The summed E-state index contributed by atoms with van der Waals surface area (Å²) in [6.07, 6.45) is 0. The summed E-state index contributed by atoms with van der Waals surface area (Å²) >= 11 is 3.14. The molecule has 8 heteroatoms. The van der Waals surface area contributed by atoms with Gasteiger partial charge in [-0.05, 0) is 25.4 Å². The molecule has 0 aromatic carbocycles. The van der Waals surface area contributed by atoms with Crippen LogP contribution < -0.4 is 0 Å². The summed E-state index contributed by atoms with van der Waals surface area (Å²) in [5.41, 5.74) is 0. The number of hydrogen-bond donors (Lipinski definition) is 0. The average Bonchev–Trinajstić information content (AvgIpc) is 3.22. The Bertz CT molecular complexity index is 647. The molecule has 1 saturated heterocycles. The van der Waals surface area contributed by atoms with E-state index in [2.05, 4.69) is 33.6 Å². The van der Waals surface area contributed by atoms with Crippen molar-refractivity contribution >= 4 is 29.0 Å². The number of hydrogen-bond acceptors (Lipinski definition) is 6. The fourth-order valence-electron chi connectivity index (χ4n) is 2.54. The van der Waals surface area contributed by atoms with Gasteiger partial charge in [-0.25, -0.2) is 0 Å². The minimum Gasteiger partial charge on any atom is -0.339 e. The maximum absolute atomic E-state index is 12.3. The van der Waals surface area contributed by atoms with Crippen LogP contribution in [0.25, 0.3) is 10.7 Å². The van der Waals surface area contributed by atoms with Gasteiger partial charge in [-0.3, -0.25) is 4.79 Å². The van der Waals surface area contributed by atoms with Gasteiger partial charge in [-0.2, -0.15) is 0 Å². The van der Waals surface area contributed by atoms with E-state index < -0.39 is 0 Å². The van der Waals surface area contributed by atoms with Gasteiger partial charge in [-0.1, -0.05) is 17.8 Å². The van der Waals surface area contributed by atoms with Crippen LogP contribution in [0.2, 0.25) is 0 Å². The number of rotatable bonds is 5. The Morgan fingerprint density at radius 2 is 2.09 bits per heavy atom. The van der Waals surface area contributed by atoms with Gasteiger partial charge >= 0.3 is 0 Å². The van der Waals surface area contributed by atoms with Crippen molar-refractivity contribution in [2.24, 2.45) is 0 Å². The Kier molecular flexibility index (Phi) is 5.34. The average molecular weight is 352 g/mol. The molecule has 3 heterocycles. The third-order valence-electron chi connectivity index (χ3n) is 3.96. The normalized spacial score (nSPS) is 16.0. The van der Waals surface area contributed by atoms with Crippen molar-refractivity contribution in [2.75, 3.05) is 39.0 Å². The van der Waals surface area contributed by atoms with Gasteiger partial charge in [0.25, 0.3) is 0 Å². The number of thiophene rings is 1. The van der Waals surface area contributed by atoms with Crippen LogP contribution >= 0.6 is 23.1 Å². The molecule has 0 unspecified atom stereocenters. The van der Waals surface area contributed by atoms with Crippen LogP contribution in [0.3, 0.4) is 0 Å². The summed E-state index contributed by atoms with van der Waals surface area (Å²) in [5, 5.41) is 11.4. The van der Waals surface area contributed by atoms with Crippen molar-refractivity contribution in [3.63, 3.8) is 0 Å². The van der Waals surface area contributed by atoms with Crippen LogP contribution in [0, 0.1) is 0 Å². The van der Waals surface area contributed by atoms with Crippen molar-refractivity contribution in [3.8, 4) is 10.7 Å². The predicted octanol–water partition coefficient (Wildman–Crippen LogP) is 1.89. The molecular weight excluding hydrogens is 330 g/mol. The summed E-state index contributed by atoms with van der Waals surface area (Å²) in [5.74, 6) is 1.50. The Balaban J connectivity index is 1.63. The highest BCUT2D eigenvalue weighted by molar-refractivity contribution is 7.99. The third kappa shape index (κ3) is 3.76. The molecule has 0 bridgehead atoms. The zero-order chi connectivity index (χ0) is 16.2. The smallest absolute Gasteiger partial charge is 0.233 e. The number of nitrogens with zero attached hydrogens (tertiary/aromatic N) is 5. The second kappa shape index (κ2) is 7.46. The fraction of sp³-hybridized carbons (Fsp3) is 0.533. The van der Waals surface area contributed by atoms with Crippen molar-refractivity contribution in [1.29, 1.82) is 0 Å². The number of carbonyl (C=O) groups excluding carboxylic acids is 1. The van der Waals surface area contributed by atoms with Crippen molar-refractivity contribution in [3.05, 3.63) is 17.5 Å². The summed E-state index contributed by atoms with van der Waals surface area (Å²) in [4.78, 5) is 17.6. The molecule has 0 N–H and O–H groups in total. The number of aromatic nitrogens is 3. The number of carbonyl (C=O) groups is 1. The van der Waals surface area contributed by atoms with E-state index in [1.165, 1.54) is 11.8 Å². The minimum absolute atomic E-state index is 0.187. The van der Waals surface area contributed by atoms with Crippen LogP contribution in [0.1, 0.15) is 6.92 Å². The highest BCUT2D eigenvalue weighted by Crippen LogP contribution is 2.27. The van der Waals surface area contributed by atoms with E-state index in [0.29, 0.717) is 5.75 Å². The van der Waals surface area contributed by atoms with E-state index >= 15 is 0 Å². The van der Waals surface area contributed by atoms with Gasteiger partial charge in [0.2, 0.25) is 5.91 Å². The number of amides is 1. The van der Waals surface area contributed by atoms with Crippen molar-refractivity contribution in [1.82, 2.24) is 24.6 Å². The summed E-state index contributed by atoms with van der Waals surface area (Å²) < 4.78 is 2.08. The lowest BCUT2D eigenvalue weighted by molar-refractivity contribution is -0.129. The first-order valence-electron chi connectivity index (χ1n) is 7.75. The Morgan fingerprint density at radius 3 is 2.74 bits per heavy atom. The molecule has 6 nitrogen and oxygen atoms in total. The van der Waals surface area contributed by atoms with Gasteiger partial charge in [0.05, 0.1) is 10.6 Å². The van der Waals surface area contributed by atoms with Gasteiger partial charge < -0.3 is 14.4 Å². The quantitative estimate of drug-likeness (QED) is 0.770. The van der Waals surface area contributed by atoms with Crippen LogP contribution in [-0.4, -0.2) is 69.5 Å². The molecule has 124 valence electrons.